The topological polar surface area (TPSA) is 76.4 Å². The minimum Gasteiger partial charge on any atom is -0.425 e. The molecule has 0 saturated carbocycles. The molecule has 0 aliphatic heterocycles. The zero-order valence-electron chi connectivity index (χ0n) is 18.9. The van der Waals surface area contributed by atoms with E-state index in [4.69, 9.17) is 4.74 Å². The number of hydrogen-bond acceptors (Lipinski definition) is 6. The molecule has 4 rings (SSSR count). The van der Waals surface area contributed by atoms with Crippen molar-refractivity contribution < 1.29 is 9.53 Å². The number of anilines is 3. The van der Waals surface area contributed by atoms with E-state index in [1.807, 2.05) is 86.8 Å². The highest BCUT2D eigenvalue weighted by atomic mass is 16.5. The van der Waals surface area contributed by atoms with Gasteiger partial charge in [0.1, 0.15) is 11.3 Å². The van der Waals surface area contributed by atoms with Crippen molar-refractivity contribution in [3.05, 3.63) is 60.4 Å². The molecule has 1 amide bonds. The Hall–Kier alpha value is -3.94. The lowest BCUT2D eigenvalue weighted by Gasteiger charge is -2.28. The van der Waals surface area contributed by atoms with E-state index < -0.39 is 0 Å². The van der Waals surface area contributed by atoms with E-state index >= 15 is 0 Å². The van der Waals surface area contributed by atoms with Gasteiger partial charge in [-0.15, -0.1) is 0 Å². The monoisotopic (exact) mass is 430 g/mol. The molecule has 3 aromatic heterocycles. The van der Waals surface area contributed by atoms with Crippen molar-refractivity contribution in [3.63, 3.8) is 0 Å². The van der Waals surface area contributed by atoms with Crippen LogP contribution >= 0.6 is 0 Å². The van der Waals surface area contributed by atoms with E-state index in [1.54, 1.807) is 17.3 Å². The van der Waals surface area contributed by atoms with Crippen LogP contribution in [-0.4, -0.2) is 39.0 Å². The molecule has 0 atom stereocenters. The molecule has 8 heteroatoms. The third-order valence-electron chi connectivity index (χ3n) is 5.27. The number of hydrogen-bond donors (Lipinski definition) is 0. The number of pyridine rings is 2. The Bertz CT molecular complexity index is 1250. The molecule has 4 aromatic rings. The van der Waals surface area contributed by atoms with Crippen molar-refractivity contribution in [1.82, 2.24) is 19.5 Å². The van der Waals surface area contributed by atoms with Crippen LogP contribution in [0.25, 0.3) is 11.2 Å². The fourth-order valence-corrected chi connectivity index (χ4v) is 3.51. The molecule has 8 nitrogen and oxygen atoms in total. The van der Waals surface area contributed by atoms with Gasteiger partial charge in [0.15, 0.2) is 11.5 Å². The van der Waals surface area contributed by atoms with Crippen LogP contribution in [0.1, 0.15) is 19.4 Å². The van der Waals surface area contributed by atoms with E-state index in [0.29, 0.717) is 17.6 Å². The molecule has 0 aliphatic rings. The minimum atomic E-state index is 0.0156. The standard InChI is InChI=1S/C24H26N6O2/c1-16(2)30(15-31)21-13-17(3)14-26-23(21)28(4)18-8-10-19(11-9-18)32-24-27-20-7-6-12-25-22(20)29(24)5/h6-16H,1-5H3. The number of amides is 1. The van der Waals surface area contributed by atoms with Crippen LogP contribution in [0.4, 0.5) is 17.2 Å². The average Bonchev–Trinajstić information content (AvgIpc) is 3.10. The fourth-order valence-electron chi connectivity index (χ4n) is 3.51. The molecule has 0 bridgehead atoms. The second-order valence-electron chi connectivity index (χ2n) is 7.92. The minimum absolute atomic E-state index is 0.0156. The highest BCUT2D eigenvalue weighted by Gasteiger charge is 2.19. The number of aromatic nitrogens is 4. The van der Waals surface area contributed by atoms with Crippen LogP contribution in [0.2, 0.25) is 0 Å². The average molecular weight is 431 g/mol. The Kier molecular flexibility index (Phi) is 5.77. The van der Waals surface area contributed by atoms with Crippen molar-refractivity contribution in [2.75, 3.05) is 16.8 Å². The Morgan fingerprint density at radius 1 is 1.12 bits per heavy atom. The van der Waals surface area contributed by atoms with Gasteiger partial charge in [0.2, 0.25) is 6.41 Å². The summed E-state index contributed by atoms with van der Waals surface area (Å²) in [5, 5.41) is 0. The summed E-state index contributed by atoms with van der Waals surface area (Å²) in [6.07, 6.45) is 4.38. The molecule has 164 valence electrons. The van der Waals surface area contributed by atoms with Crippen LogP contribution in [0.15, 0.2) is 54.9 Å². The Morgan fingerprint density at radius 2 is 1.88 bits per heavy atom. The highest BCUT2D eigenvalue weighted by molar-refractivity contribution is 5.85. The van der Waals surface area contributed by atoms with E-state index in [1.165, 1.54) is 0 Å². The largest absolute Gasteiger partial charge is 0.425 e. The van der Waals surface area contributed by atoms with Gasteiger partial charge >= 0.3 is 6.01 Å². The zero-order valence-corrected chi connectivity index (χ0v) is 18.9. The lowest BCUT2D eigenvalue weighted by Crippen LogP contribution is -2.31. The molecule has 1 aromatic carbocycles. The van der Waals surface area contributed by atoms with Gasteiger partial charge < -0.3 is 14.5 Å². The lowest BCUT2D eigenvalue weighted by molar-refractivity contribution is -0.107. The van der Waals surface area contributed by atoms with Gasteiger partial charge in [0, 0.05) is 38.2 Å². The lowest BCUT2D eigenvalue weighted by atomic mass is 10.2. The van der Waals surface area contributed by atoms with Gasteiger partial charge in [-0.2, -0.15) is 4.98 Å². The summed E-state index contributed by atoms with van der Waals surface area (Å²) in [5.41, 5.74) is 4.22. The van der Waals surface area contributed by atoms with Crippen LogP contribution < -0.4 is 14.5 Å². The number of carbonyl (C=O) groups is 1. The Morgan fingerprint density at radius 3 is 2.53 bits per heavy atom. The smallest absolute Gasteiger partial charge is 0.303 e. The zero-order chi connectivity index (χ0) is 22.8. The first-order valence-electron chi connectivity index (χ1n) is 10.4. The van der Waals surface area contributed by atoms with Crippen molar-refractivity contribution >= 4 is 34.8 Å². The maximum Gasteiger partial charge on any atom is 0.303 e. The number of rotatable bonds is 7. The maximum absolute atomic E-state index is 11.7. The fraction of sp³-hybridized carbons (Fsp3) is 0.250. The number of aryl methyl sites for hydroxylation is 2. The van der Waals surface area contributed by atoms with Gasteiger partial charge in [0.05, 0.1) is 5.69 Å². The molecule has 32 heavy (non-hydrogen) atoms. The van der Waals surface area contributed by atoms with Crippen molar-refractivity contribution in [3.8, 4) is 11.8 Å². The van der Waals surface area contributed by atoms with E-state index in [9.17, 15) is 4.79 Å². The van der Waals surface area contributed by atoms with Gasteiger partial charge in [-0.05, 0) is 68.8 Å². The summed E-state index contributed by atoms with van der Waals surface area (Å²) in [6.45, 7) is 5.92. The third kappa shape index (κ3) is 3.99. The van der Waals surface area contributed by atoms with Crippen molar-refractivity contribution in [2.24, 2.45) is 7.05 Å². The molecule has 0 fully saturated rings. The number of carbonyl (C=O) groups excluding carboxylic acids is 1. The van der Waals surface area contributed by atoms with Gasteiger partial charge in [0.25, 0.3) is 0 Å². The number of imidazole rings is 1. The summed E-state index contributed by atoms with van der Waals surface area (Å²) < 4.78 is 7.80. The molecule has 0 unspecified atom stereocenters. The SMILES string of the molecule is Cc1cnc(N(C)c2ccc(Oc3nc4cccnc4n3C)cc2)c(N(C=O)C(C)C)c1. The molecule has 0 radical (unpaired) electrons. The third-order valence-corrected chi connectivity index (χ3v) is 5.27. The molecule has 0 spiro atoms. The number of fused-ring (bicyclic) bond motifs is 1. The summed E-state index contributed by atoms with van der Waals surface area (Å²) in [7, 11) is 3.80. The first-order valence-corrected chi connectivity index (χ1v) is 10.4. The molecular formula is C24H26N6O2. The van der Waals surface area contributed by atoms with Crippen molar-refractivity contribution in [1.29, 1.82) is 0 Å². The normalized spacial score (nSPS) is 11.1. The quantitative estimate of drug-likeness (QED) is 0.399. The summed E-state index contributed by atoms with van der Waals surface area (Å²) in [4.78, 5) is 28.8. The van der Waals surface area contributed by atoms with E-state index in [-0.39, 0.29) is 6.04 Å². The second-order valence-corrected chi connectivity index (χ2v) is 7.92. The molecule has 0 saturated heterocycles. The van der Waals surface area contributed by atoms with Crippen LogP contribution in [0, 0.1) is 6.92 Å². The summed E-state index contributed by atoms with van der Waals surface area (Å²) in [6, 6.07) is 13.9. The van der Waals surface area contributed by atoms with Gasteiger partial charge in [-0.3, -0.25) is 9.36 Å². The molecule has 0 N–H and O–H groups in total. The van der Waals surface area contributed by atoms with Crippen LogP contribution in [-0.2, 0) is 11.8 Å². The summed E-state index contributed by atoms with van der Waals surface area (Å²) in [5.74, 6) is 1.36. The van der Waals surface area contributed by atoms with Crippen LogP contribution in [0.3, 0.4) is 0 Å². The molecule has 3 heterocycles. The predicted molar refractivity (Wildman–Crippen MR) is 126 cm³/mol. The Labute approximate surface area is 187 Å². The predicted octanol–water partition coefficient (Wildman–Crippen LogP) is 4.60. The maximum atomic E-state index is 11.7. The van der Waals surface area contributed by atoms with Crippen molar-refractivity contribution in [2.45, 2.75) is 26.8 Å². The summed E-state index contributed by atoms with van der Waals surface area (Å²) >= 11 is 0. The highest BCUT2D eigenvalue weighted by Crippen LogP contribution is 2.34. The second kappa shape index (κ2) is 8.66. The number of ether oxygens (including phenoxy) is 1. The number of nitrogens with zero attached hydrogens (tertiary/aromatic N) is 6. The number of benzene rings is 1. The van der Waals surface area contributed by atoms with Crippen LogP contribution in [0.5, 0.6) is 11.8 Å². The van der Waals surface area contributed by atoms with E-state index in [0.717, 1.165) is 34.5 Å². The van der Waals surface area contributed by atoms with E-state index in [2.05, 4.69) is 15.0 Å². The Balaban J connectivity index is 1.60. The molecular weight excluding hydrogens is 404 g/mol. The molecule has 0 aliphatic carbocycles. The van der Waals surface area contributed by atoms with Gasteiger partial charge in [-0.25, -0.2) is 9.97 Å². The first kappa shape index (κ1) is 21.3. The first-order chi connectivity index (χ1) is 15.4. The van der Waals surface area contributed by atoms with Gasteiger partial charge in [-0.1, -0.05) is 0 Å².